The minimum absolute atomic E-state index is 0.0279. The van der Waals surface area contributed by atoms with Gasteiger partial charge in [-0.05, 0) is 37.6 Å². The van der Waals surface area contributed by atoms with Gasteiger partial charge in [0, 0.05) is 42.7 Å². The van der Waals surface area contributed by atoms with Gasteiger partial charge < -0.3 is 14.4 Å². The lowest BCUT2D eigenvalue weighted by Crippen LogP contribution is -2.49. The summed E-state index contributed by atoms with van der Waals surface area (Å²) in [5.41, 5.74) is 2.18. The lowest BCUT2D eigenvalue weighted by Gasteiger charge is -2.35. The maximum atomic E-state index is 14.9. The van der Waals surface area contributed by atoms with E-state index in [0.29, 0.717) is 29.0 Å². The number of carbonyl (C=O) groups excluding carboxylic acids is 3. The summed E-state index contributed by atoms with van der Waals surface area (Å²) in [6.07, 6.45) is 0.396. The highest BCUT2D eigenvalue weighted by atomic mass is 19.1. The van der Waals surface area contributed by atoms with Crippen LogP contribution in [0.3, 0.4) is 0 Å². The molecule has 0 aromatic heterocycles. The summed E-state index contributed by atoms with van der Waals surface area (Å²) in [5.74, 6) is -2.95. The van der Waals surface area contributed by atoms with Crippen molar-refractivity contribution in [2.45, 2.75) is 65.0 Å². The maximum Gasteiger partial charge on any atom is 0.254 e. The molecule has 1 fully saturated rings. The molecule has 1 N–H and O–H groups in total. The van der Waals surface area contributed by atoms with Crippen LogP contribution in [0.1, 0.15) is 54.2 Å². The summed E-state index contributed by atoms with van der Waals surface area (Å²) < 4.78 is 26.6. The molecule has 2 aliphatic heterocycles. The van der Waals surface area contributed by atoms with Gasteiger partial charge in [-0.1, -0.05) is 25.1 Å². The van der Waals surface area contributed by atoms with E-state index in [1.807, 2.05) is 19.9 Å². The maximum absolute atomic E-state index is 14.9. The molecule has 10 heteroatoms. The number of benzene rings is 2. The third-order valence-electron chi connectivity index (χ3n) is 6.54. The minimum Gasteiger partial charge on any atom is -0.488 e. The van der Waals surface area contributed by atoms with Gasteiger partial charge in [-0.2, -0.15) is 0 Å². The van der Waals surface area contributed by atoms with Crippen LogP contribution in [-0.2, 0) is 34.0 Å². The molecular weight excluding hydrogens is 476 g/mol. The zero-order valence-corrected chi connectivity index (χ0v) is 21.3. The van der Waals surface area contributed by atoms with E-state index in [1.165, 1.54) is 11.0 Å². The molecule has 4 rings (SSSR count). The van der Waals surface area contributed by atoms with E-state index in [1.54, 1.807) is 31.2 Å². The van der Waals surface area contributed by atoms with E-state index in [-0.39, 0.29) is 37.6 Å². The van der Waals surface area contributed by atoms with Gasteiger partial charge >= 0.3 is 0 Å². The van der Waals surface area contributed by atoms with Crippen molar-refractivity contribution in [1.82, 2.24) is 15.1 Å². The summed E-state index contributed by atoms with van der Waals surface area (Å²) in [4.78, 5) is 40.1. The van der Waals surface area contributed by atoms with E-state index in [4.69, 9.17) is 17.3 Å². The number of nitrogens with one attached hydrogen (secondary N) is 1. The van der Waals surface area contributed by atoms with Crippen LogP contribution in [0.4, 0.5) is 4.39 Å². The predicted octanol–water partition coefficient (Wildman–Crippen LogP) is 2.52. The summed E-state index contributed by atoms with van der Waals surface area (Å²) in [6.45, 7) is 7.92. The molecule has 0 spiro atoms. The lowest BCUT2D eigenvalue weighted by molar-refractivity contribution is -0.131. The highest BCUT2D eigenvalue weighted by Crippen LogP contribution is 2.32. The quantitative estimate of drug-likeness (QED) is 0.553. The van der Waals surface area contributed by atoms with Gasteiger partial charge in [0.1, 0.15) is 26.0 Å². The molecule has 0 bridgehead atoms. The summed E-state index contributed by atoms with van der Waals surface area (Å²) in [5, 5.41) is 2.18. The smallest absolute Gasteiger partial charge is 0.254 e. The number of morpholine rings is 1. The van der Waals surface area contributed by atoms with Crippen LogP contribution < -0.4 is 10.1 Å². The monoisotopic (exact) mass is 507 g/mol. The number of nitrogens with zero attached hydrogens (tertiary/aromatic N) is 2. The topological polar surface area (TPSA) is 88.2 Å². The van der Waals surface area contributed by atoms with E-state index >= 15 is 0 Å². The molecule has 3 unspecified atom stereocenters. The number of ether oxygens (including phenoxy) is 2. The molecule has 37 heavy (non-hydrogen) atoms. The van der Waals surface area contributed by atoms with Crippen molar-refractivity contribution < 1.29 is 28.2 Å². The summed E-state index contributed by atoms with van der Waals surface area (Å²) in [6, 6.07) is 10.1. The first kappa shape index (κ1) is 26.8. The van der Waals surface area contributed by atoms with Gasteiger partial charge in [0.15, 0.2) is 0 Å². The number of carbonyl (C=O) groups is 3. The lowest BCUT2D eigenvalue weighted by atomic mass is 9.93. The summed E-state index contributed by atoms with van der Waals surface area (Å²) in [7, 11) is 5.97. The second-order valence-electron chi connectivity index (χ2n) is 9.59. The number of rotatable bonds is 8. The normalized spacial score (nSPS) is 20.4. The molecule has 2 aromatic carbocycles. The Labute approximate surface area is 217 Å². The molecule has 3 atom stereocenters. The second kappa shape index (κ2) is 11.4. The van der Waals surface area contributed by atoms with Gasteiger partial charge in [0.2, 0.25) is 11.8 Å². The first-order chi connectivity index (χ1) is 17.7. The van der Waals surface area contributed by atoms with Crippen LogP contribution in [0.2, 0.25) is 0 Å². The van der Waals surface area contributed by atoms with Crippen molar-refractivity contribution in [2.75, 3.05) is 13.1 Å². The van der Waals surface area contributed by atoms with Crippen LogP contribution in [0.15, 0.2) is 36.4 Å². The van der Waals surface area contributed by atoms with Crippen LogP contribution in [0.25, 0.3) is 0 Å². The standard InChI is InChI=1S/C27H31BFN3O5/c1-4-24(33)30-26(34)25(28)32-14-21-20(27(32)35)6-5-7-23(21)36-15-19-9-8-18(10-22(19)29)13-31-11-16(2)37-17(3)12-31/h5-10,16-17,25H,4,11-15H2,1-3H3,(H,30,33,34). The van der Waals surface area contributed by atoms with Crippen molar-refractivity contribution in [3.05, 3.63) is 64.5 Å². The van der Waals surface area contributed by atoms with Crippen molar-refractivity contribution in [3.63, 3.8) is 0 Å². The Morgan fingerprint density at radius 1 is 1.22 bits per heavy atom. The number of imide groups is 1. The highest BCUT2D eigenvalue weighted by molar-refractivity contribution is 6.27. The molecule has 194 valence electrons. The zero-order valence-electron chi connectivity index (χ0n) is 21.3. The predicted molar refractivity (Wildman–Crippen MR) is 135 cm³/mol. The summed E-state index contributed by atoms with van der Waals surface area (Å²) >= 11 is 0. The number of halogens is 1. The average Bonchev–Trinajstić information content (AvgIpc) is 3.19. The fraction of sp³-hybridized carbons (Fsp3) is 0.444. The molecule has 0 aliphatic carbocycles. The van der Waals surface area contributed by atoms with E-state index in [2.05, 4.69) is 10.2 Å². The third kappa shape index (κ3) is 6.19. The fourth-order valence-corrected chi connectivity index (χ4v) is 4.76. The molecule has 2 aliphatic rings. The molecule has 2 heterocycles. The molecule has 2 radical (unpaired) electrons. The Morgan fingerprint density at radius 3 is 2.62 bits per heavy atom. The minimum atomic E-state index is -1.33. The van der Waals surface area contributed by atoms with E-state index < -0.39 is 23.7 Å². The van der Waals surface area contributed by atoms with Gasteiger partial charge in [-0.25, -0.2) is 4.39 Å². The third-order valence-corrected chi connectivity index (χ3v) is 6.54. The van der Waals surface area contributed by atoms with Crippen LogP contribution in [0.5, 0.6) is 5.75 Å². The molecule has 8 nitrogen and oxygen atoms in total. The van der Waals surface area contributed by atoms with Gasteiger partial charge in [0.25, 0.3) is 5.91 Å². The second-order valence-corrected chi connectivity index (χ2v) is 9.59. The molecule has 1 saturated heterocycles. The molecular formula is C27H31BFN3O5. The zero-order chi connectivity index (χ0) is 26.7. The van der Waals surface area contributed by atoms with Crippen molar-refractivity contribution >= 4 is 25.6 Å². The Bertz CT molecular complexity index is 1180. The van der Waals surface area contributed by atoms with Gasteiger partial charge in [-0.3, -0.25) is 24.6 Å². The van der Waals surface area contributed by atoms with Gasteiger partial charge in [0.05, 0.1) is 24.7 Å². The van der Waals surface area contributed by atoms with Crippen molar-refractivity contribution in [1.29, 1.82) is 0 Å². The number of amides is 3. The average molecular weight is 507 g/mol. The first-order valence-electron chi connectivity index (χ1n) is 12.5. The first-order valence-corrected chi connectivity index (χ1v) is 12.5. The molecule has 2 aromatic rings. The Balaban J connectivity index is 1.41. The number of hydrogen-bond donors (Lipinski definition) is 1. The fourth-order valence-electron chi connectivity index (χ4n) is 4.76. The number of fused-ring (bicyclic) bond motifs is 1. The van der Waals surface area contributed by atoms with Crippen LogP contribution in [-0.4, -0.2) is 66.6 Å². The largest absolute Gasteiger partial charge is 0.488 e. The molecule has 3 amide bonds. The Kier molecular flexibility index (Phi) is 8.29. The van der Waals surface area contributed by atoms with Crippen LogP contribution >= 0.6 is 0 Å². The SMILES string of the molecule is [B]C(C(=O)NC(=O)CC)N1Cc2c(OCc3ccc(CN4CC(C)OC(C)C4)cc3F)cccc2C1=O. The van der Waals surface area contributed by atoms with E-state index in [9.17, 15) is 18.8 Å². The highest BCUT2D eigenvalue weighted by Gasteiger charge is 2.35. The van der Waals surface area contributed by atoms with Crippen molar-refractivity contribution in [3.8, 4) is 5.75 Å². The van der Waals surface area contributed by atoms with Crippen LogP contribution in [0, 0.1) is 5.82 Å². The van der Waals surface area contributed by atoms with E-state index in [0.717, 1.165) is 18.7 Å². The number of hydrogen-bond acceptors (Lipinski definition) is 6. The van der Waals surface area contributed by atoms with Gasteiger partial charge in [-0.15, -0.1) is 0 Å². The molecule has 0 saturated carbocycles. The Morgan fingerprint density at radius 2 is 1.95 bits per heavy atom. The Hall–Kier alpha value is -3.24. The van der Waals surface area contributed by atoms with Crippen molar-refractivity contribution in [2.24, 2.45) is 0 Å².